The molecule has 0 aliphatic heterocycles. The van der Waals surface area contributed by atoms with Gasteiger partial charge in [-0.3, -0.25) is 0 Å². The molecular formula is C12H12BrClN2. The highest BCUT2D eigenvalue weighted by molar-refractivity contribution is 9.10. The van der Waals surface area contributed by atoms with Crippen molar-refractivity contribution < 1.29 is 0 Å². The molecule has 1 aromatic heterocycles. The predicted octanol–water partition coefficient (Wildman–Crippen LogP) is 4.21. The lowest BCUT2D eigenvalue weighted by atomic mass is 10.2. The average Bonchev–Trinajstić information content (AvgIpc) is 2.50. The van der Waals surface area contributed by atoms with Gasteiger partial charge < -0.3 is 0 Å². The molecule has 0 saturated heterocycles. The van der Waals surface area contributed by atoms with Crippen LogP contribution in [-0.2, 0) is 0 Å². The Balaban J connectivity index is 2.67. The minimum absolute atomic E-state index is 0.726. The minimum Gasteiger partial charge on any atom is -0.236 e. The number of aromatic nitrogens is 2. The molecule has 0 unspecified atom stereocenters. The largest absolute Gasteiger partial charge is 0.236 e. The molecule has 16 heavy (non-hydrogen) atoms. The van der Waals surface area contributed by atoms with Crippen LogP contribution in [0.1, 0.15) is 17.0 Å². The lowest BCUT2D eigenvalue weighted by Gasteiger charge is -2.08. The van der Waals surface area contributed by atoms with Crippen LogP contribution in [0, 0.1) is 20.8 Å². The molecule has 1 aromatic carbocycles. The Morgan fingerprint density at radius 2 is 1.94 bits per heavy atom. The number of aryl methyl sites for hydroxylation is 2. The maximum atomic E-state index is 6.01. The summed E-state index contributed by atoms with van der Waals surface area (Å²) in [7, 11) is 0. The maximum absolute atomic E-state index is 6.01. The molecule has 0 atom stereocenters. The number of rotatable bonds is 1. The van der Waals surface area contributed by atoms with Crippen LogP contribution in [0.4, 0.5) is 0 Å². The highest BCUT2D eigenvalue weighted by Gasteiger charge is 2.11. The van der Waals surface area contributed by atoms with E-state index in [-0.39, 0.29) is 0 Å². The quantitative estimate of drug-likeness (QED) is 0.771. The zero-order valence-electron chi connectivity index (χ0n) is 9.38. The third-order valence-corrected chi connectivity index (χ3v) is 3.99. The number of benzene rings is 1. The average molecular weight is 300 g/mol. The van der Waals surface area contributed by atoms with E-state index >= 15 is 0 Å². The van der Waals surface area contributed by atoms with Crippen molar-refractivity contribution in [3.8, 4) is 5.69 Å². The molecule has 0 aliphatic rings. The maximum Gasteiger partial charge on any atom is 0.0743 e. The first-order chi connectivity index (χ1) is 7.50. The Labute approximate surface area is 108 Å². The molecule has 0 N–H and O–H groups in total. The van der Waals surface area contributed by atoms with Crippen molar-refractivity contribution in [3.63, 3.8) is 0 Å². The van der Waals surface area contributed by atoms with Gasteiger partial charge in [-0.05, 0) is 54.4 Å². The number of nitrogens with zero attached hydrogens (tertiary/aromatic N) is 2. The lowest BCUT2D eigenvalue weighted by Crippen LogP contribution is -2.01. The molecule has 0 radical (unpaired) electrons. The van der Waals surface area contributed by atoms with Gasteiger partial charge in [0.2, 0.25) is 0 Å². The summed E-state index contributed by atoms with van der Waals surface area (Å²) < 4.78 is 2.97. The van der Waals surface area contributed by atoms with Gasteiger partial charge in [-0.25, -0.2) is 4.68 Å². The summed E-state index contributed by atoms with van der Waals surface area (Å²) in [5, 5.41) is 5.22. The van der Waals surface area contributed by atoms with Gasteiger partial charge in [0.15, 0.2) is 0 Å². The van der Waals surface area contributed by atoms with Gasteiger partial charge >= 0.3 is 0 Å². The topological polar surface area (TPSA) is 17.8 Å². The van der Waals surface area contributed by atoms with Gasteiger partial charge in [0.1, 0.15) is 0 Å². The number of halogens is 2. The van der Waals surface area contributed by atoms with E-state index in [1.54, 1.807) is 0 Å². The van der Waals surface area contributed by atoms with Crippen LogP contribution >= 0.6 is 27.5 Å². The second-order valence-electron chi connectivity index (χ2n) is 3.83. The van der Waals surface area contributed by atoms with Gasteiger partial charge in [0.05, 0.1) is 21.5 Å². The third kappa shape index (κ3) is 1.89. The van der Waals surface area contributed by atoms with Crippen molar-refractivity contribution in [2.24, 2.45) is 0 Å². The molecule has 0 fully saturated rings. The van der Waals surface area contributed by atoms with E-state index in [4.69, 9.17) is 11.6 Å². The third-order valence-electron chi connectivity index (χ3n) is 2.60. The predicted molar refractivity (Wildman–Crippen MR) is 70.5 cm³/mol. The molecule has 4 heteroatoms. The second kappa shape index (κ2) is 4.22. The Morgan fingerprint density at radius 1 is 1.25 bits per heavy atom. The van der Waals surface area contributed by atoms with Crippen molar-refractivity contribution >= 4 is 27.5 Å². The molecule has 2 rings (SSSR count). The zero-order valence-corrected chi connectivity index (χ0v) is 11.7. The summed E-state index contributed by atoms with van der Waals surface area (Å²) >= 11 is 9.54. The molecule has 2 aromatic rings. The first-order valence-corrected chi connectivity index (χ1v) is 6.16. The van der Waals surface area contributed by atoms with Crippen LogP contribution in [-0.4, -0.2) is 9.78 Å². The van der Waals surface area contributed by atoms with Crippen LogP contribution in [0.3, 0.4) is 0 Å². The zero-order chi connectivity index (χ0) is 11.9. The second-order valence-corrected chi connectivity index (χ2v) is 5.06. The first-order valence-electron chi connectivity index (χ1n) is 4.99. The van der Waals surface area contributed by atoms with E-state index in [1.165, 1.54) is 0 Å². The molecule has 2 nitrogen and oxygen atoms in total. The van der Waals surface area contributed by atoms with Crippen molar-refractivity contribution in [3.05, 3.63) is 44.6 Å². The summed E-state index contributed by atoms with van der Waals surface area (Å²) in [6.07, 6.45) is 0. The molecule has 0 saturated carbocycles. The van der Waals surface area contributed by atoms with Crippen LogP contribution in [0.15, 0.2) is 22.7 Å². The van der Waals surface area contributed by atoms with Crippen LogP contribution in [0.25, 0.3) is 5.69 Å². The fraction of sp³-hybridized carbons (Fsp3) is 0.250. The monoisotopic (exact) mass is 298 g/mol. The van der Waals surface area contributed by atoms with Gasteiger partial charge in [0, 0.05) is 5.02 Å². The Hall–Kier alpha value is -0.800. The van der Waals surface area contributed by atoms with Gasteiger partial charge in [0.25, 0.3) is 0 Å². The van der Waals surface area contributed by atoms with Gasteiger partial charge in [-0.1, -0.05) is 17.7 Å². The normalized spacial score (nSPS) is 10.8. The summed E-state index contributed by atoms with van der Waals surface area (Å²) in [5.74, 6) is 0. The van der Waals surface area contributed by atoms with Crippen molar-refractivity contribution in [2.75, 3.05) is 0 Å². The minimum atomic E-state index is 0.726. The molecule has 1 heterocycles. The van der Waals surface area contributed by atoms with Gasteiger partial charge in [-0.2, -0.15) is 5.10 Å². The van der Waals surface area contributed by atoms with Crippen LogP contribution < -0.4 is 0 Å². The van der Waals surface area contributed by atoms with E-state index in [1.807, 2.05) is 36.7 Å². The summed E-state index contributed by atoms with van der Waals surface area (Å²) in [4.78, 5) is 0. The first kappa shape index (κ1) is 11.7. The van der Waals surface area contributed by atoms with Crippen LogP contribution in [0.2, 0.25) is 5.02 Å². The molecule has 0 bridgehead atoms. The standard InChI is InChI=1S/C12H12BrClN2/c1-7-4-5-10(14)6-11(7)16-9(3)12(13)8(2)15-16/h4-6H,1-3H3. The summed E-state index contributed by atoms with van der Waals surface area (Å²) in [6.45, 7) is 6.06. The highest BCUT2D eigenvalue weighted by atomic mass is 79.9. The SMILES string of the molecule is Cc1ccc(Cl)cc1-n1nc(C)c(Br)c1C. The van der Waals surface area contributed by atoms with Gasteiger partial charge in [-0.15, -0.1) is 0 Å². The smallest absolute Gasteiger partial charge is 0.0743 e. The Bertz CT molecular complexity index is 546. The fourth-order valence-electron chi connectivity index (χ4n) is 1.67. The molecule has 84 valence electrons. The van der Waals surface area contributed by atoms with E-state index in [0.29, 0.717) is 0 Å². The molecule has 0 amide bonds. The van der Waals surface area contributed by atoms with Crippen molar-refractivity contribution in [2.45, 2.75) is 20.8 Å². The van der Waals surface area contributed by atoms with E-state index in [0.717, 1.165) is 32.1 Å². The Kier molecular flexibility index (Phi) is 3.08. The summed E-state index contributed by atoms with van der Waals surface area (Å²) in [6, 6.07) is 5.83. The number of hydrogen-bond acceptors (Lipinski definition) is 1. The summed E-state index contributed by atoms with van der Waals surface area (Å²) in [5.41, 5.74) is 4.25. The van der Waals surface area contributed by atoms with Crippen molar-refractivity contribution in [1.82, 2.24) is 9.78 Å². The molecule has 0 aliphatic carbocycles. The van der Waals surface area contributed by atoms with E-state index < -0.39 is 0 Å². The highest BCUT2D eigenvalue weighted by Crippen LogP contribution is 2.26. The molecule has 0 spiro atoms. The molecular weight excluding hydrogens is 288 g/mol. The lowest BCUT2D eigenvalue weighted by molar-refractivity contribution is 0.827. The van der Waals surface area contributed by atoms with Crippen molar-refractivity contribution in [1.29, 1.82) is 0 Å². The Morgan fingerprint density at radius 3 is 2.50 bits per heavy atom. The number of hydrogen-bond donors (Lipinski definition) is 0. The van der Waals surface area contributed by atoms with E-state index in [9.17, 15) is 0 Å². The fourth-order valence-corrected chi connectivity index (χ4v) is 2.08. The van der Waals surface area contributed by atoms with E-state index in [2.05, 4.69) is 28.0 Å². The van der Waals surface area contributed by atoms with Crippen LogP contribution in [0.5, 0.6) is 0 Å².